The van der Waals surface area contributed by atoms with E-state index in [-0.39, 0.29) is 11.8 Å². The third-order valence-electron chi connectivity index (χ3n) is 3.08. The van der Waals surface area contributed by atoms with Gasteiger partial charge in [-0.3, -0.25) is 9.78 Å². The molecule has 4 nitrogen and oxygen atoms in total. The number of rotatable bonds is 4. The van der Waals surface area contributed by atoms with Gasteiger partial charge < -0.3 is 10.1 Å². The number of pyridine rings is 1. The Balaban J connectivity index is 1.76. The fourth-order valence-corrected chi connectivity index (χ4v) is 1.97. The molecule has 0 aliphatic carbocycles. The van der Waals surface area contributed by atoms with E-state index in [0.29, 0.717) is 19.8 Å². The number of aryl methyl sites for hydroxylation is 1. The first kappa shape index (κ1) is 12.0. The average molecular weight is 234 g/mol. The van der Waals surface area contributed by atoms with E-state index in [0.717, 1.165) is 18.5 Å². The van der Waals surface area contributed by atoms with E-state index in [9.17, 15) is 4.79 Å². The Morgan fingerprint density at radius 3 is 3.24 bits per heavy atom. The van der Waals surface area contributed by atoms with E-state index in [4.69, 9.17) is 4.74 Å². The van der Waals surface area contributed by atoms with E-state index >= 15 is 0 Å². The van der Waals surface area contributed by atoms with Gasteiger partial charge in [0, 0.05) is 31.5 Å². The van der Waals surface area contributed by atoms with Crippen molar-refractivity contribution in [3.8, 4) is 0 Å². The Hall–Kier alpha value is -1.42. The van der Waals surface area contributed by atoms with Crippen molar-refractivity contribution in [2.24, 2.45) is 5.92 Å². The Labute approximate surface area is 101 Å². The number of hydrogen-bond acceptors (Lipinski definition) is 3. The summed E-state index contributed by atoms with van der Waals surface area (Å²) in [7, 11) is 0. The molecule has 17 heavy (non-hydrogen) atoms. The van der Waals surface area contributed by atoms with Gasteiger partial charge in [-0.1, -0.05) is 6.07 Å². The van der Waals surface area contributed by atoms with Gasteiger partial charge in [0.2, 0.25) is 5.91 Å². The fraction of sp³-hybridized carbons (Fsp3) is 0.538. The lowest BCUT2D eigenvalue weighted by Crippen LogP contribution is -2.32. The minimum atomic E-state index is 0.0415. The summed E-state index contributed by atoms with van der Waals surface area (Å²) in [5.41, 5.74) is 2.22. The molecule has 1 aliphatic rings. The van der Waals surface area contributed by atoms with Gasteiger partial charge in [-0.05, 0) is 25.0 Å². The normalized spacial score (nSPS) is 19.2. The van der Waals surface area contributed by atoms with Crippen LogP contribution in [0.3, 0.4) is 0 Å². The van der Waals surface area contributed by atoms with Crippen LogP contribution in [0.1, 0.15) is 17.7 Å². The molecule has 1 saturated heterocycles. The van der Waals surface area contributed by atoms with Crippen molar-refractivity contribution < 1.29 is 9.53 Å². The lowest BCUT2D eigenvalue weighted by atomic mass is 10.1. The lowest BCUT2D eigenvalue weighted by molar-refractivity contribution is -0.124. The van der Waals surface area contributed by atoms with Gasteiger partial charge in [0.05, 0.1) is 12.5 Å². The van der Waals surface area contributed by atoms with Gasteiger partial charge in [-0.25, -0.2) is 0 Å². The van der Waals surface area contributed by atoms with Crippen molar-refractivity contribution in [3.05, 3.63) is 29.6 Å². The zero-order valence-corrected chi connectivity index (χ0v) is 10.1. The van der Waals surface area contributed by atoms with Crippen LogP contribution >= 0.6 is 0 Å². The second-order valence-corrected chi connectivity index (χ2v) is 4.37. The van der Waals surface area contributed by atoms with Crippen molar-refractivity contribution in [3.63, 3.8) is 0 Å². The fourth-order valence-electron chi connectivity index (χ4n) is 1.97. The van der Waals surface area contributed by atoms with Gasteiger partial charge in [0.25, 0.3) is 0 Å². The third kappa shape index (κ3) is 3.27. The molecule has 1 fully saturated rings. The summed E-state index contributed by atoms with van der Waals surface area (Å²) in [6, 6.07) is 3.96. The van der Waals surface area contributed by atoms with Crippen LogP contribution in [0.2, 0.25) is 0 Å². The van der Waals surface area contributed by atoms with Crippen molar-refractivity contribution in [1.82, 2.24) is 10.3 Å². The van der Waals surface area contributed by atoms with Gasteiger partial charge in [-0.15, -0.1) is 0 Å². The molecule has 1 atom stereocenters. The van der Waals surface area contributed by atoms with Crippen LogP contribution in [0.5, 0.6) is 0 Å². The van der Waals surface area contributed by atoms with Crippen LogP contribution in [0, 0.1) is 12.8 Å². The largest absolute Gasteiger partial charge is 0.381 e. The van der Waals surface area contributed by atoms with Crippen LogP contribution in [0.15, 0.2) is 18.3 Å². The minimum absolute atomic E-state index is 0.0415. The quantitative estimate of drug-likeness (QED) is 0.848. The molecule has 1 N–H and O–H groups in total. The Morgan fingerprint density at radius 2 is 2.53 bits per heavy atom. The van der Waals surface area contributed by atoms with E-state index in [1.165, 1.54) is 5.56 Å². The monoisotopic (exact) mass is 234 g/mol. The second-order valence-electron chi connectivity index (χ2n) is 4.37. The van der Waals surface area contributed by atoms with Gasteiger partial charge in [0.15, 0.2) is 0 Å². The van der Waals surface area contributed by atoms with Gasteiger partial charge in [0.1, 0.15) is 0 Å². The number of aromatic nitrogens is 1. The van der Waals surface area contributed by atoms with Crippen molar-refractivity contribution >= 4 is 5.91 Å². The van der Waals surface area contributed by atoms with Crippen LogP contribution in [-0.4, -0.2) is 30.6 Å². The smallest absolute Gasteiger partial charge is 0.225 e. The first-order chi connectivity index (χ1) is 8.27. The van der Waals surface area contributed by atoms with E-state index < -0.39 is 0 Å². The molecule has 2 heterocycles. The molecule has 4 heteroatoms. The second kappa shape index (κ2) is 5.77. The Morgan fingerprint density at radius 1 is 1.65 bits per heavy atom. The van der Waals surface area contributed by atoms with E-state index in [2.05, 4.69) is 10.3 Å². The van der Waals surface area contributed by atoms with Gasteiger partial charge in [-0.2, -0.15) is 0 Å². The average Bonchev–Trinajstić information content (AvgIpc) is 2.85. The highest BCUT2D eigenvalue weighted by Gasteiger charge is 2.22. The zero-order chi connectivity index (χ0) is 12.1. The minimum Gasteiger partial charge on any atom is -0.381 e. The molecule has 0 aromatic carbocycles. The molecule has 0 spiro atoms. The third-order valence-corrected chi connectivity index (χ3v) is 3.08. The summed E-state index contributed by atoms with van der Waals surface area (Å²) >= 11 is 0. The van der Waals surface area contributed by atoms with Crippen molar-refractivity contribution in [1.29, 1.82) is 0 Å². The predicted octanol–water partition coefficient (Wildman–Crippen LogP) is 1.09. The maximum atomic E-state index is 11.7. The first-order valence-corrected chi connectivity index (χ1v) is 6.03. The Kier molecular flexibility index (Phi) is 4.09. The maximum absolute atomic E-state index is 11.7. The van der Waals surface area contributed by atoms with E-state index in [1.54, 1.807) is 6.20 Å². The standard InChI is InChI=1S/C13H18N2O2/c1-10-3-2-6-14-12(10)4-7-15-13(16)11-5-8-17-9-11/h2-3,6,11H,4-5,7-9H2,1H3,(H,15,16). The maximum Gasteiger partial charge on any atom is 0.225 e. The number of nitrogens with zero attached hydrogens (tertiary/aromatic N) is 1. The number of carbonyl (C=O) groups is 1. The van der Waals surface area contributed by atoms with Crippen LogP contribution in [0.4, 0.5) is 0 Å². The number of nitrogens with one attached hydrogen (secondary N) is 1. The van der Waals surface area contributed by atoms with Crippen LogP contribution in [-0.2, 0) is 16.0 Å². The van der Waals surface area contributed by atoms with Crippen LogP contribution < -0.4 is 5.32 Å². The summed E-state index contributed by atoms with van der Waals surface area (Å²) < 4.78 is 5.19. The van der Waals surface area contributed by atoms with E-state index in [1.807, 2.05) is 19.1 Å². The molecule has 0 bridgehead atoms. The first-order valence-electron chi connectivity index (χ1n) is 6.03. The molecular formula is C13H18N2O2. The summed E-state index contributed by atoms with van der Waals surface area (Å²) in [5, 5.41) is 2.94. The predicted molar refractivity (Wildman–Crippen MR) is 64.6 cm³/mol. The van der Waals surface area contributed by atoms with Crippen LogP contribution in [0.25, 0.3) is 0 Å². The molecule has 0 saturated carbocycles. The summed E-state index contributed by atoms with van der Waals surface area (Å²) in [5.74, 6) is 0.149. The summed E-state index contributed by atoms with van der Waals surface area (Å²) in [4.78, 5) is 16.0. The number of ether oxygens (including phenoxy) is 1. The van der Waals surface area contributed by atoms with Crippen molar-refractivity contribution in [2.75, 3.05) is 19.8 Å². The summed E-state index contributed by atoms with van der Waals surface area (Å²) in [6.45, 7) is 3.95. The molecular weight excluding hydrogens is 216 g/mol. The highest BCUT2D eigenvalue weighted by molar-refractivity contribution is 5.78. The number of hydrogen-bond donors (Lipinski definition) is 1. The zero-order valence-electron chi connectivity index (χ0n) is 10.1. The Bertz CT molecular complexity index is 387. The van der Waals surface area contributed by atoms with Gasteiger partial charge >= 0.3 is 0 Å². The molecule has 2 rings (SSSR count). The molecule has 1 unspecified atom stereocenters. The van der Waals surface area contributed by atoms with Crippen molar-refractivity contribution in [2.45, 2.75) is 19.8 Å². The number of carbonyl (C=O) groups excluding carboxylic acids is 1. The lowest BCUT2D eigenvalue weighted by Gasteiger charge is -2.09. The molecule has 1 aliphatic heterocycles. The highest BCUT2D eigenvalue weighted by atomic mass is 16.5. The summed E-state index contributed by atoms with van der Waals surface area (Å²) in [6.07, 6.45) is 3.41. The topological polar surface area (TPSA) is 51.2 Å². The molecule has 1 aromatic rings. The molecule has 1 amide bonds. The molecule has 1 aromatic heterocycles. The number of amides is 1. The molecule has 92 valence electrons. The highest BCUT2D eigenvalue weighted by Crippen LogP contribution is 2.12. The molecule has 0 radical (unpaired) electrons. The SMILES string of the molecule is Cc1cccnc1CCNC(=O)C1CCOC1.